The Morgan fingerprint density at radius 1 is 1.10 bits per heavy atom. The van der Waals surface area contributed by atoms with Crippen LogP contribution in [-0.2, 0) is 6.54 Å². The Bertz CT molecular complexity index is 661. The van der Waals surface area contributed by atoms with Gasteiger partial charge in [-0.2, -0.15) is 0 Å². The van der Waals surface area contributed by atoms with Crippen molar-refractivity contribution in [1.29, 1.82) is 0 Å². The number of phenols is 1. The van der Waals surface area contributed by atoms with Crippen LogP contribution in [0.4, 0.5) is 5.69 Å². The fraction of sp³-hybridized carbons (Fsp3) is 0.143. The highest BCUT2D eigenvalue weighted by molar-refractivity contribution is 9.11. The molecule has 2 aromatic rings. The van der Waals surface area contributed by atoms with Gasteiger partial charge in [-0.1, -0.05) is 15.9 Å². The maximum absolute atomic E-state index is 9.97. The van der Waals surface area contributed by atoms with E-state index in [-0.39, 0.29) is 12.5 Å². The number of ether oxygens (including phenoxy) is 2. The molecule has 0 bridgehead atoms. The van der Waals surface area contributed by atoms with E-state index in [0.717, 1.165) is 20.2 Å². The molecule has 0 saturated heterocycles. The first-order valence-corrected chi connectivity index (χ1v) is 7.52. The van der Waals surface area contributed by atoms with E-state index in [2.05, 4.69) is 37.2 Å². The van der Waals surface area contributed by atoms with Crippen LogP contribution in [0.5, 0.6) is 17.2 Å². The zero-order valence-corrected chi connectivity index (χ0v) is 13.5. The minimum atomic E-state index is 0.190. The number of aromatic hydroxyl groups is 1. The van der Waals surface area contributed by atoms with Crippen molar-refractivity contribution in [2.75, 3.05) is 12.1 Å². The average Bonchev–Trinajstić information content (AvgIpc) is 2.84. The van der Waals surface area contributed by atoms with Gasteiger partial charge in [-0.25, -0.2) is 0 Å². The Morgan fingerprint density at radius 2 is 1.85 bits per heavy atom. The molecular weight excluding hydrogens is 390 g/mol. The first-order valence-electron chi connectivity index (χ1n) is 5.94. The van der Waals surface area contributed by atoms with Crippen molar-refractivity contribution in [3.63, 3.8) is 0 Å². The molecule has 0 radical (unpaired) electrons. The lowest BCUT2D eigenvalue weighted by molar-refractivity contribution is 0.174. The Labute approximate surface area is 133 Å². The van der Waals surface area contributed by atoms with Crippen LogP contribution in [0, 0.1) is 0 Å². The molecule has 0 fully saturated rings. The predicted octanol–water partition coefficient (Wildman–Crippen LogP) is 4.26. The number of phenolic OH excluding ortho intramolecular Hbond substituents is 1. The summed E-state index contributed by atoms with van der Waals surface area (Å²) in [5.74, 6) is 1.43. The first kappa shape index (κ1) is 13.6. The summed E-state index contributed by atoms with van der Waals surface area (Å²) in [6.07, 6.45) is 0. The molecule has 20 heavy (non-hydrogen) atoms. The summed E-state index contributed by atoms with van der Waals surface area (Å²) in [5.41, 5.74) is 1.70. The number of nitrogens with one attached hydrogen (secondary N) is 1. The number of rotatable bonds is 3. The van der Waals surface area contributed by atoms with Gasteiger partial charge in [0.1, 0.15) is 5.75 Å². The molecule has 3 rings (SSSR count). The Morgan fingerprint density at radius 3 is 2.60 bits per heavy atom. The van der Waals surface area contributed by atoms with Gasteiger partial charge in [-0.3, -0.25) is 0 Å². The Hall–Kier alpha value is -1.40. The van der Waals surface area contributed by atoms with Gasteiger partial charge in [0.25, 0.3) is 0 Å². The lowest BCUT2D eigenvalue weighted by Crippen LogP contribution is -2.00. The second-order valence-electron chi connectivity index (χ2n) is 4.31. The van der Waals surface area contributed by atoms with Gasteiger partial charge in [0.15, 0.2) is 11.5 Å². The molecule has 4 nitrogen and oxygen atoms in total. The van der Waals surface area contributed by atoms with Gasteiger partial charge >= 0.3 is 0 Å². The van der Waals surface area contributed by atoms with Crippen molar-refractivity contribution in [3.8, 4) is 17.2 Å². The average molecular weight is 401 g/mol. The van der Waals surface area contributed by atoms with Crippen molar-refractivity contribution >= 4 is 37.5 Å². The first-order chi connectivity index (χ1) is 9.63. The summed E-state index contributed by atoms with van der Waals surface area (Å²) in [7, 11) is 0. The smallest absolute Gasteiger partial charge is 0.231 e. The third kappa shape index (κ3) is 2.71. The van der Waals surface area contributed by atoms with E-state index in [1.807, 2.05) is 18.2 Å². The zero-order valence-electron chi connectivity index (χ0n) is 10.3. The molecule has 6 heteroatoms. The maximum atomic E-state index is 9.97. The molecule has 2 N–H and O–H groups in total. The number of benzene rings is 2. The molecule has 1 aliphatic heterocycles. The molecule has 1 aliphatic rings. The minimum absolute atomic E-state index is 0.190. The quantitative estimate of drug-likeness (QED) is 0.808. The van der Waals surface area contributed by atoms with Gasteiger partial charge in [0, 0.05) is 32.8 Å². The van der Waals surface area contributed by atoms with Crippen LogP contribution in [0.25, 0.3) is 0 Å². The summed E-state index contributed by atoms with van der Waals surface area (Å²) in [6.45, 7) is 0.687. The van der Waals surface area contributed by atoms with Gasteiger partial charge in [-0.05, 0) is 40.2 Å². The lowest BCUT2D eigenvalue weighted by Gasteiger charge is -2.11. The number of hydrogen-bond acceptors (Lipinski definition) is 4. The summed E-state index contributed by atoms with van der Waals surface area (Å²) < 4.78 is 12.5. The molecule has 1 heterocycles. The number of halogens is 2. The fourth-order valence-electron chi connectivity index (χ4n) is 1.94. The molecule has 0 aliphatic carbocycles. The molecule has 0 saturated carbocycles. The third-order valence-corrected chi connectivity index (χ3v) is 4.12. The van der Waals surface area contributed by atoms with Gasteiger partial charge in [0.05, 0.1) is 0 Å². The second kappa shape index (κ2) is 5.54. The minimum Gasteiger partial charge on any atom is -0.507 e. The zero-order chi connectivity index (χ0) is 14.1. The van der Waals surface area contributed by atoms with E-state index in [9.17, 15) is 5.11 Å². The van der Waals surface area contributed by atoms with E-state index < -0.39 is 0 Å². The van der Waals surface area contributed by atoms with Crippen LogP contribution in [0.3, 0.4) is 0 Å². The normalized spacial score (nSPS) is 12.5. The second-order valence-corrected chi connectivity index (χ2v) is 6.08. The summed E-state index contributed by atoms with van der Waals surface area (Å²) in [6, 6.07) is 9.24. The van der Waals surface area contributed by atoms with E-state index >= 15 is 0 Å². The van der Waals surface area contributed by atoms with E-state index in [4.69, 9.17) is 9.47 Å². The Balaban J connectivity index is 1.78. The summed E-state index contributed by atoms with van der Waals surface area (Å²) in [4.78, 5) is 0. The van der Waals surface area contributed by atoms with E-state index in [1.165, 1.54) is 0 Å². The van der Waals surface area contributed by atoms with Gasteiger partial charge < -0.3 is 19.9 Å². The third-order valence-electron chi connectivity index (χ3n) is 2.97. The largest absolute Gasteiger partial charge is 0.507 e. The molecule has 0 atom stereocenters. The van der Waals surface area contributed by atoms with Crippen molar-refractivity contribution in [2.24, 2.45) is 0 Å². The molecule has 0 unspecified atom stereocenters. The Kier molecular flexibility index (Phi) is 3.76. The topological polar surface area (TPSA) is 50.7 Å². The number of anilines is 1. The van der Waals surface area contributed by atoms with Crippen LogP contribution in [0.1, 0.15) is 5.56 Å². The van der Waals surface area contributed by atoms with Gasteiger partial charge in [0.2, 0.25) is 6.79 Å². The molecule has 104 valence electrons. The highest BCUT2D eigenvalue weighted by atomic mass is 79.9. The van der Waals surface area contributed by atoms with Crippen molar-refractivity contribution < 1.29 is 14.6 Å². The van der Waals surface area contributed by atoms with E-state index in [0.29, 0.717) is 18.0 Å². The van der Waals surface area contributed by atoms with E-state index in [1.54, 1.807) is 12.1 Å². The van der Waals surface area contributed by atoms with Crippen LogP contribution >= 0.6 is 31.9 Å². The lowest BCUT2D eigenvalue weighted by atomic mass is 10.1. The van der Waals surface area contributed by atoms with Crippen LogP contribution in [0.2, 0.25) is 0 Å². The molecule has 0 spiro atoms. The van der Waals surface area contributed by atoms with Crippen molar-refractivity contribution in [2.45, 2.75) is 6.54 Å². The standard InChI is InChI=1S/C14H11Br2NO3/c15-9-1-2-11(10(16)4-9)17-6-8-3-13-14(5-12(8)18)20-7-19-13/h1-5,17-18H,6-7H2. The SMILES string of the molecule is Oc1cc2c(cc1CNc1ccc(Br)cc1Br)OCO2. The highest BCUT2D eigenvalue weighted by Gasteiger charge is 2.16. The monoisotopic (exact) mass is 399 g/mol. The summed E-state index contributed by atoms with van der Waals surface area (Å²) in [5, 5.41) is 13.2. The fourth-order valence-corrected chi connectivity index (χ4v) is 3.13. The molecular formula is C14H11Br2NO3. The molecule has 0 aromatic heterocycles. The number of hydrogen-bond donors (Lipinski definition) is 2. The van der Waals surface area contributed by atoms with Gasteiger partial charge in [-0.15, -0.1) is 0 Å². The van der Waals surface area contributed by atoms with Crippen LogP contribution in [0.15, 0.2) is 39.3 Å². The summed E-state index contributed by atoms with van der Waals surface area (Å²) >= 11 is 6.90. The van der Waals surface area contributed by atoms with Crippen molar-refractivity contribution in [3.05, 3.63) is 44.8 Å². The predicted molar refractivity (Wildman–Crippen MR) is 83.4 cm³/mol. The van der Waals surface area contributed by atoms with Crippen LogP contribution in [-0.4, -0.2) is 11.9 Å². The van der Waals surface area contributed by atoms with Crippen LogP contribution < -0.4 is 14.8 Å². The maximum Gasteiger partial charge on any atom is 0.231 e. The molecule has 0 amide bonds. The number of fused-ring (bicyclic) bond motifs is 1. The highest BCUT2D eigenvalue weighted by Crippen LogP contribution is 2.38. The molecule has 2 aromatic carbocycles. The van der Waals surface area contributed by atoms with Crippen molar-refractivity contribution in [1.82, 2.24) is 0 Å².